The van der Waals surface area contributed by atoms with Gasteiger partial charge in [-0.3, -0.25) is 0 Å². The fourth-order valence-corrected chi connectivity index (χ4v) is 1.84. The number of nitrogens with one attached hydrogen (secondary N) is 1. The number of carbonyl (C=O) groups is 1. The van der Waals surface area contributed by atoms with Crippen LogP contribution in [0.3, 0.4) is 0 Å². The van der Waals surface area contributed by atoms with Crippen LogP contribution in [-0.2, 0) is 4.74 Å². The van der Waals surface area contributed by atoms with Gasteiger partial charge < -0.3 is 25.3 Å². The van der Waals surface area contributed by atoms with Crippen molar-refractivity contribution in [3.05, 3.63) is 11.8 Å². The van der Waals surface area contributed by atoms with Crippen molar-refractivity contribution in [2.45, 2.75) is 45.8 Å². The van der Waals surface area contributed by atoms with Gasteiger partial charge >= 0.3 is 6.09 Å². The van der Waals surface area contributed by atoms with Gasteiger partial charge in [0.15, 0.2) is 11.6 Å². The molecule has 1 amide bonds. The fraction of sp³-hybridized carbons (Fsp3) is 0.529. The molecule has 1 aromatic heterocycles. The number of rotatable bonds is 4. The number of alkyl carbamates (subject to hydrolysis) is 1. The summed E-state index contributed by atoms with van der Waals surface area (Å²) < 4.78 is 15.7. The van der Waals surface area contributed by atoms with E-state index in [1.807, 2.05) is 27.7 Å². The van der Waals surface area contributed by atoms with Crippen LogP contribution in [0, 0.1) is 11.8 Å². The number of amides is 1. The number of nitrogens with zero attached hydrogens (tertiary/aromatic N) is 1. The molecule has 7 heteroatoms. The smallest absolute Gasteiger partial charge is 0.407 e. The predicted octanol–water partition coefficient (Wildman–Crippen LogP) is 2.34. The highest BCUT2D eigenvalue weighted by Gasteiger charge is 2.17. The Morgan fingerprint density at radius 2 is 1.96 bits per heavy atom. The Morgan fingerprint density at radius 1 is 1.33 bits per heavy atom. The Kier molecular flexibility index (Phi) is 6.71. The Bertz CT molecular complexity index is 642. The second kappa shape index (κ2) is 8.29. The summed E-state index contributed by atoms with van der Waals surface area (Å²) in [5, 5.41) is 2.73. The summed E-state index contributed by atoms with van der Waals surface area (Å²) in [7, 11) is 3.00. The molecule has 1 atom stereocenters. The standard InChI is InChI=1S/C17H25N3O4/c1-11(20-16(21)24-17(2,3)4)8-7-9-12-10-19-15(18)14(23-6)13(12)22-5/h10-11H,8H2,1-6H3,(H2,18,19)(H,20,21)/t11-/m0/s1. The van der Waals surface area contributed by atoms with Crippen LogP contribution in [0.1, 0.15) is 39.7 Å². The molecule has 0 radical (unpaired) electrons. The third kappa shape index (κ3) is 5.88. The zero-order chi connectivity index (χ0) is 18.3. The number of nitrogen functional groups attached to an aromatic ring is 1. The van der Waals surface area contributed by atoms with Crippen molar-refractivity contribution < 1.29 is 19.0 Å². The van der Waals surface area contributed by atoms with Crippen LogP contribution < -0.4 is 20.5 Å². The molecule has 0 aliphatic heterocycles. The molecule has 3 N–H and O–H groups in total. The summed E-state index contributed by atoms with van der Waals surface area (Å²) in [6.07, 6.45) is 1.50. The van der Waals surface area contributed by atoms with Gasteiger partial charge in [0, 0.05) is 18.7 Å². The van der Waals surface area contributed by atoms with Crippen LogP contribution in [0.15, 0.2) is 6.20 Å². The fourth-order valence-electron chi connectivity index (χ4n) is 1.84. The average Bonchev–Trinajstić information content (AvgIpc) is 2.45. The van der Waals surface area contributed by atoms with Gasteiger partial charge in [-0.1, -0.05) is 11.8 Å². The average molecular weight is 335 g/mol. The van der Waals surface area contributed by atoms with Crippen LogP contribution in [0.2, 0.25) is 0 Å². The first-order valence-electron chi connectivity index (χ1n) is 7.52. The van der Waals surface area contributed by atoms with Gasteiger partial charge in [-0.25, -0.2) is 9.78 Å². The Morgan fingerprint density at radius 3 is 2.50 bits per heavy atom. The zero-order valence-electron chi connectivity index (χ0n) is 15.0. The van der Waals surface area contributed by atoms with Crippen molar-refractivity contribution in [3.63, 3.8) is 0 Å². The number of methoxy groups -OCH3 is 2. The Labute approximate surface area is 142 Å². The first-order valence-corrected chi connectivity index (χ1v) is 7.52. The van der Waals surface area contributed by atoms with E-state index in [0.29, 0.717) is 23.5 Å². The molecule has 0 fully saturated rings. The first kappa shape index (κ1) is 19.4. The third-order valence-corrected chi connectivity index (χ3v) is 2.82. The van der Waals surface area contributed by atoms with E-state index in [9.17, 15) is 4.79 Å². The lowest BCUT2D eigenvalue weighted by Crippen LogP contribution is -2.37. The van der Waals surface area contributed by atoms with E-state index in [4.69, 9.17) is 19.9 Å². The number of carbonyl (C=O) groups excluding carboxylic acids is 1. The minimum atomic E-state index is -0.533. The number of hydrogen-bond acceptors (Lipinski definition) is 6. The molecule has 1 rings (SSSR count). The monoisotopic (exact) mass is 335 g/mol. The van der Waals surface area contributed by atoms with E-state index in [2.05, 4.69) is 22.1 Å². The molecular weight excluding hydrogens is 310 g/mol. The molecule has 1 heterocycles. The minimum Gasteiger partial charge on any atom is -0.491 e. The lowest BCUT2D eigenvalue weighted by molar-refractivity contribution is 0.0509. The number of anilines is 1. The second-order valence-electron chi connectivity index (χ2n) is 6.18. The van der Waals surface area contributed by atoms with Gasteiger partial charge in [-0.05, 0) is 27.7 Å². The Hall–Kier alpha value is -2.62. The third-order valence-electron chi connectivity index (χ3n) is 2.82. The lowest BCUT2D eigenvalue weighted by Gasteiger charge is -2.21. The molecule has 0 aliphatic rings. The van der Waals surface area contributed by atoms with Crippen LogP contribution >= 0.6 is 0 Å². The normalized spacial score (nSPS) is 11.8. The van der Waals surface area contributed by atoms with E-state index in [1.54, 1.807) is 0 Å². The first-order chi connectivity index (χ1) is 11.2. The maximum Gasteiger partial charge on any atom is 0.407 e. The molecule has 0 saturated heterocycles. The van der Waals surface area contributed by atoms with Gasteiger partial charge in [0.05, 0.1) is 19.8 Å². The van der Waals surface area contributed by atoms with Crippen LogP contribution in [0.5, 0.6) is 11.5 Å². The molecular formula is C17H25N3O4. The summed E-state index contributed by atoms with van der Waals surface area (Å²) in [6.45, 7) is 7.28. The molecule has 0 aromatic carbocycles. The van der Waals surface area contributed by atoms with E-state index in [0.717, 1.165) is 0 Å². The van der Waals surface area contributed by atoms with Crippen molar-refractivity contribution in [2.75, 3.05) is 20.0 Å². The highest BCUT2D eigenvalue weighted by atomic mass is 16.6. The summed E-state index contributed by atoms with van der Waals surface area (Å²) in [6, 6.07) is -0.165. The summed E-state index contributed by atoms with van der Waals surface area (Å²) in [4.78, 5) is 15.7. The molecule has 132 valence electrons. The number of pyridine rings is 1. The van der Waals surface area contributed by atoms with E-state index in [-0.39, 0.29) is 11.9 Å². The van der Waals surface area contributed by atoms with Crippen molar-refractivity contribution in [3.8, 4) is 23.3 Å². The van der Waals surface area contributed by atoms with Crippen LogP contribution in [0.4, 0.5) is 10.6 Å². The SMILES string of the molecule is COc1c(C#CC[C@H](C)NC(=O)OC(C)(C)C)cnc(N)c1OC. The molecule has 0 bridgehead atoms. The van der Waals surface area contributed by atoms with Crippen LogP contribution in [0.25, 0.3) is 0 Å². The topological polar surface area (TPSA) is 95.7 Å². The van der Waals surface area contributed by atoms with Gasteiger partial charge in [0.25, 0.3) is 0 Å². The van der Waals surface area contributed by atoms with E-state index >= 15 is 0 Å². The van der Waals surface area contributed by atoms with Crippen molar-refractivity contribution in [2.24, 2.45) is 0 Å². The van der Waals surface area contributed by atoms with Gasteiger partial charge in [-0.15, -0.1) is 0 Å². The molecule has 0 unspecified atom stereocenters. The van der Waals surface area contributed by atoms with Crippen molar-refractivity contribution >= 4 is 11.9 Å². The highest BCUT2D eigenvalue weighted by Crippen LogP contribution is 2.34. The van der Waals surface area contributed by atoms with Crippen molar-refractivity contribution in [1.29, 1.82) is 0 Å². The summed E-state index contributed by atoms with van der Waals surface area (Å²) in [5.41, 5.74) is 5.76. The Balaban J connectivity index is 2.74. The van der Waals surface area contributed by atoms with E-state index < -0.39 is 11.7 Å². The van der Waals surface area contributed by atoms with Crippen LogP contribution in [-0.4, -0.2) is 36.9 Å². The largest absolute Gasteiger partial charge is 0.491 e. The number of nitrogens with two attached hydrogens (primary N) is 1. The van der Waals surface area contributed by atoms with Crippen molar-refractivity contribution in [1.82, 2.24) is 10.3 Å². The predicted molar refractivity (Wildman–Crippen MR) is 92.1 cm³/mol. The molecule has 1 aromatic rings. The number of ether oxygens (including phenoxy) is 3. The quantitative estimate of drug-likeness (QED) is 0.820. The second-order valence-corrected chi connectivity index (χ2v) is 6.18. The minimum absolute atomic E-state index is 0.165. The summed E-state index contributed by atoms with van der Waals surface area (Å²) >= 11 is 0. The molecule has 0 aliphatic carbocycles. The maximum absolute atomic E-state index is 11.7. The number of aromatic nitrogens is 1. The van der Waals surface area contributed by atoms with Gasteiger partial charge in [0.2, 0.25) is 5.75 Å². The molecule has 7 nitrogen and oxygen atoms in total. The molecule has 24 heavy (non-hydrogen) atoms. The molecule has 0 saturated carbocycles. The highest BCUT2D eigenvalue weighted by molar-refractivity contribution is 5.68. The van der Waals surface area contributed by atoms with Gasteiger partial charge in [-0.2, -0.15) is 0 Å². The maximum atomic E-state index is 11.7. The van der Waals surface area contributed by atoms with Gasteiger partial charge in [0.1, 0.15) is 5.60 Å². The number of hydrogen-bond donors (Lipinski definition) is 2. The summed E-state index contributed by atoms with van der Waals surface area (Å²) in [5.74, 6) is 6.95. The zero-order valence-corrected chi connectivity index (χ0v) is 15.0. The van der Waals surface area contributed by atoms with E-state index in [1.165, 1.54) is 20.4 Å². The lowest BCUT2D eigenvalue weighted by atomic mass is 10.2. The molecule has 0 spiro atoms.